The molecule has 26 heavy (non-hydrogen) atoms. The quantitative estimate of drug-likeness (QED) is 0.548. The second-order valence-corrected chi connectivity index (χ2v) is 7.26. The Bertz CT molecular complexity index is 1120. The van der Waals surface area contributed by atoms with Crippen molar-refractivity contribution in [1.82, 2.24) is 20.2 Å². The number of hydrogen-bond acceptors (Lipinski definition) is 6. The van der Waals surface area contributed by atoms with Crippen molar-refractivity contribution in [2.75, 3.05) is 0 Å². The van der Waals surface area contributed by atoms with Gasteiger partial charge in [-0.15, -0.1) is 10.2 Å². The molecule has 6 nitrogen and oxygen atoms in total. The monoisotopic (exact) mass is 364 g/mol. The van der Waals surface area contributed by atoms with Gasteiger partial charge in [0.1, 0.15) is 5.82 Å². The van der Waals surface area contributed by atoms with Crippen LogP contribution in [0.3, 0.4) is 0 Å². The number of benzene rings is 2. The molecule has 1 atom stereocenters. The molecule has 0 spiro atoms. The van der Waals surface area contributed by atoms with Crippen LogP contribution in [0.4, 0.5) is 0 Å². The van der Waals surface area contributed by atoms with Crippen LogP contribution in [0.25, 0.3) is 22.4 Å². The smallest absolute Gasteiger partial charge is 0.277 e. The van der Waals surface area contributed by atoms with E-state index in [-0.39, 0.29) is 10.8 Å². The molecule has 2 heterocycles. The van der Waals surface area contributed by atoms with Crippen LogP contribution in [0.15, 0.2) is 63.0 Å². The number of rotatable bonds is 4. The molecule has 0 saturated heterocycles. The van der Waals surface area contributed by atoms with Gasteiger partial charge in [0.25, 0.3) is 10.8 Å². The van der Waals surface area contributed by atoms with Crippen molar-refractivity contribution in [3.05, 3.63) is 70.3 Å². The van der Waals surface area contributed by atoms with E-state index in [2.05, 4.69) is 20.2 Å². The molecule has 0 radical (unpaired) electrons. The third kappa shape index (κ3) is 3.25. The van der Waals surface area contributed by atoms with E-state index in [4.69, 9.17) is 4.42 Å². The van der Waals surface area contributed by atoms with Crippen LogP contribution < -0.4 is 5.56 Å². The third-order valence-corrected chi connectivity index (χ3v) is 4.94. The fraction of sp³-hybridized carbons (Fsp3) is 0.158. The van der Waals surface area contributed by atoms with Crippen molar-refractivity contribution < 1.29 is 4.42 Å². The number of aromatic nitrogens is 4. The third-order valence-electron chi connectivity index (χ3n) is 4.00. The van der Waals surface area contributed by atoms with Gasteiger partial charge in [-0.1, -0.05) is 41.6 Å². The molecule has 0 unspecified atom stereocenters. The summed E-state index contributed by atoms with van der Waals surface area (Å²) in [5.74, 6) is 1.05. The molecular weight excluding hydrogens is 348 g/mol. The molecule has 0 aliphatic rings. The topological polar surface area (TPSA) is 84.7 Å². The van der Waals surface area contributed by atoms with Crippen molar-refractivity contribution in [2.45, 2.75) is 24.3 Å². The highest BCUT2D eigenvalue weighted by molar-refractivity contribution is 7.99. The summed E-state index contributed by atoms with van der Waals surface area (Å²) < 4.78 is 5.74. The first kappa shape index (κ1) is 16.5. The lowest BCUT2D eigenvalue weighted by molar-refractivity contribution is 0.465. The number of nitrogens with one attached hydrogen (secondary N) is 1. The zero-order chi connectivity index (χ0) is 18.1. The van der Waals surface area contributed by atoms with E-state index in [1.54, 1.807) is 6.07 Å². The van der Waals surface area contributed by atoms with Gasteiger partial charge in [-0.25, -0.2) is 4.98 Å². The molecule has 0 fully saturated rings. The van der Waals surface area contributed by atoms with Crippen LogP contribution in [-0.4, -0.2) is 20.2 Å². The van der Waals surface area contributed by atoms with E-state index < -0.39 is 0 Å². The lowest BCUT2D eigenvalue weighted by Gasteiger charge is -2.08. The van der Waals surface area contributed by atoms with Crippen LogP contribution in [0.5, 0.6) is 0 Å². The molecule has 0 aliphatic heterocycles. The van der Waals surface area contributed by atoms with Gasteiger partial charge in [-0.3, -0.25) is 4.79 Å². The lowest BCUT2D eigenvalue weighted by atomic mass is 10.1. The predicted octanol–water partition coefficient (Wildman–Crippen LogP) is 4.13. The minimum absolute atomic E-state index is 0.140. The lowest BCUT2D eigenvalue weighted by Crippen LogP contribution is -2.12. The van der Waals surface area contributed by atoms with Gasteiger partial charge in [-0.05, 0) is 38.1 Å². The summed E-state index contributed by atoms with van der Waals surface area (Å²) in [6, 6.07) is 15.2. The maximum absolute atomic E-state index is 12.2. The number of aryl methyl sites for hydroxylation is 1. The van der Waals surface area contributed by atoms with Gasteiger partial charge < -0.3 is 9.40 Å². The van der Waals surface area contributed by atoms with Crippen molar-refractivity contribution >= 4 is 22.7 Å². The summed E-state index contributed by atoms with van der Waals surface area (Å²) >= 11 is 1.36. The minimum Gasteiger partial charge on any atom is -0.411 e. The standard InChI is InChI=1S/C19H16N4O2S/c1-11-7-9-13(10-8-11)18-22-23-19(25-18)26-12(2)16-20-15-6-4-3-5-14(15)17(24)21-16/h3-10,12H,1-2H3,(H,20,21,24)/t12-/m0/s1. The average Bonchev–Trinajstić information content (AvgIpc) is 3.10. The predicted molar refractivity (Wildman–Crippen MR) is 101 cm³/mol. The SMILES string of the molecule is Cc1ccc(-c2nnc(S[C@@H](C)c3nc4ccccc4c(=O)[nH]3)o2)cc1. The number of para-hydroxylation sites is 1. The molecular formula is C19H16N4O2S. The Morgan fingerprint density at radius 3 is 2.65 bits per heavy atom. The Labute approximate surface area is 153 Å². The average molecular weight is 364 g/mol. The number of H-pyrrole nitrogens is 1. The molecule has 0 saturated carbocycles. The second-order valence-electron chi connectivity index (χ2n) is 5.97. The Kier molecular flexibility index (Phi) is 4.30. The van der Waals surface area contributed by atoms with Crippen LogP contribution in [-0.2, 0) is 0 Å². The van der Waals surface area contributed by atoms with E-state index in [1.165, 1.54) is 17.3 Å². The van der Waals surface area contributed by atoms with Gasteiger partial charge in [0.05, 0.1) is 16.2 Å². The van der Waals surface area contributed by atoms with Crippen molar-refractivity contribution in [1.29, 1.82) is 0 Å². The van der Waals surface area contributed by atoms with E-state index in [0.29, 0.717) is 27.8 Å². The molecule has 0 aliphatic carbocycles. The first-order valence-corrected chi connectivity index (χ1v) is 9.04. The molecule has 0 amide bonds. The largest absolute Gasteiger partial charge is 0.411 e. The first-order valence-electron chi connectivity index (χ1n) is 8.16. The second kappa shape index (κ2) is 6.76. The Morgan fingerprint density at radius 1 is 1.08 bits per heavy atom. The highest BCUT2D eigenvalue weighted by atomic mass is 32.2. The molecule has 2 aromatic carbocycles. The summed E-state index contributed by atoms with van der Waals surface area (Å²) in [7, 11) is 0. The fourth-order valence-electron chi connectivity index (χ4n) is 2.57. The Hall–Kier alpha value is -2.93. The molecule has 4 aromatic rings. The van der Waals surface area contributed by atoms with Gasteiger partial charge in [0.2, 0.25) is 5.89 Å². The summed E-state index contributed by atoms with van der Waals surface area (Å²) in [4.78, 5) is 19.6. The number of thioether (sulfide) groups is 1. The summed E-state index contributed by atoms with van der Waals surface area (Å²) in [5.41, 5.74) is 2.57. The maximum atomic E-state index is 12.2. The van der Waals surface area contributed by atoms with Crippen LogP contribution in [0.2, 0.25) is 0 Å². The normalized spacial score (nSPS) is 12.4. The Balaban J connectivity index is 1.58. The molecule has 1 N–H and O–H groups in total. The van der Waals surface area contributed by atoms with E-state index in [1.807, 2.05) is 56.3 Å². The highest BCUT2D eigenvalue weighted by Crippen LogP contribution is 2.33. The summed E-state index contributed by atoms with van der Waals surface area (Å²) in [5, 5.41) is 9.06. The van der Waals surface area contributed by atoms with Gasteiger partial charge >= 0.3 is 0 Å². The molecule has 130 valence electrons. The van der Waals surface area contributed by atoms with E-state index in [9.17, 15) is 4.79 Å². The number of nitrogens with zero attached hydrogens (tertiary/aromatic N) is 3. The zero-order valence-electron chi connectivity index (χ0n) is 14.3. The highest BCUT2D eigenvalue weighted by Gasteiger charge is 2.17. The first-order chi connectivity index (χ1) is 12.6. The van der Waals surface area contributed by atoms with Crippen LogP contribution in [0.1, 0.15) is 23.6 Å². The summed E-state index contributed by atoms with van der Waals surface area (Å²) in [6.07, 6.45) is 0. The molecule has 2 aromatic heterocycles. The number of fused-ring (bicyclic) bond motifs is 1. The Morgan fingerprint density at radius 2 is 1.85 bits per heavy atom. The minimum atomic E-state index is -0.149. The van der Waals surface area contributed by atoms with Crippen molar-refractivity contribution in [3.8, 4) is 11.5 Å². The zero-order valence-corrected chi connectivity index (χ0v) is 15.1. The van der Waals surface area contributed by atoms with Crippen LogP contribution >= 0.6 is 11.8 Å². The fourth-order valence-corrected chi connectivity index (χ4v) is 3.32. The van der Waals surface area contributed by atoms with Crippen molar-refractivity contribution in [2.24, 2.45) is 0 Å². The molecule has 4 rings (SSSR count). The van der Waals surface area contributed by atoms with E-state index >= 15 is 0 Å². The molecule has 7 heteroatoms. The maximum Gasteiger partial charge on any atom is 0.277 e. The molecule has 0 bridgehead atoms. The van der Waals surface area contributed by atoms with Gasteiger partial charge in [0.15, 0.2) is 0 Å². The number of hydrogen-bond donors (Lipinski definition) is 1. The summed E-state index contributed by atoms with van der Waals surface area (Å²) in [6.45, 7) is 3.96. The van der Waals surface area contributed by atoms with E-state index in [0.717, 1.165) is 5.56 Å². The van der Waals surface area contributed by atoms with Crippen molar-refractivity contribution in [3.63, 3.8) is 0 Å². The van der Waals surface area contributed by atoms with Crippen LogP contribution in [0, 0.1) is 6.92 Å². The number of aromatic amines is 1. The van der Waals surface area contributed by atoms with Gasteiger partial charge in [-0.2, -0.15) is 0 Å². The van der Waals surface area contributed by atoms with Gasteiger partial charge in [0, 0.05) is 5.56 Å².